The molecular weight excluding hydrogens is 374 g/mol. The van der Waals surface area contributed by atoms with E-state index in [2.05, 4.69) is 31.0 Å². The second-order valence-corrected chi connectivity index (χ2v) is 5.97. The lowest BCUT2D eigenvalue weighted by molar-refractivity contribution is 0.467. The van der Waals surface area contributed by atoms with Crippen molar-refractivity contribution in [2.45, 2.75) is 0 Å². The molecule has 0 spiro atoms. The van der Waals surface area contributed by atoms with Gasteiger partial charge < -0.3 is 14.9 Å². The Morgan fingerprint density at radius 1 is 1.21 bits per heavy atom. The number of aryl methyl sites for hydroxylation is 1. The molecule has 120 valence electrons. The van der Waals surface area contributed by atoms with Crippen molar-refractivity contribution in [3.63, 3.8) is 0 Å². The first-order chi connectivity index (χ1) is 11.6. The second kappa shape index (κ2) is 5.64. The third kappa shape index (κ3) is 2.50. The van der Waals surface area contributed by atoms with E-state index in [1.807, 2.05) is 13.2 Å². The lowest BCUT2D eigenvalue weighted by atomic mass is 10.2. The Kier molecular flexibility index (Phi) is 3.46. The summed E-state index contributed by atoms with van der Waals surface area (Å²) in [7, 11) is 1.84. The molecule has 3 heterocycles. The van der Waals surface area contributed by atoms with Gasteiger partial charge in [0.2, 0.25) is 11.6 Å². The van der Waals surface area contributed by atoms with Gasteiger partial charge >= 0.3 is 0 Å². The number of rotatable bonds is 3. The van der Waals surface area contributed by atoms with Gasteiger partial charge in [-0.3, -0.25) is 4.68 Å². The maximum Gasteiger partial charge on any atom is 0.234 e. The monoisotopic (exact) mass is 385 g/mol. The summed E-state index contributed by atoms with van der Waals surface area (Å²) in [6.45, 7) is 0. The number of nitrogen functional groups attached to an aromatic ring is 1. The highest BCUT2D eigenvalue weighted by atomic mass is 79.9. The molecule has 24 heavy (non-hydrogen) atoms. The van der Waals surface area contributed by atoms with Crippen molar-refractivity contribution in [3.05, 3.63) is 47.5 Å². The third-order valence-electron chi connectivity index (χ3n) is 3.46. The van der Waals surface area contributed by atoms with Gasteiger partial charge in [0.25, 0.3) is 0 Å². The quantitative estimate of drug-likeness (QED) is 0.539. The average molecular weight is 386 g/mol. The molecule has 4 rings (SSSR count). The van der Waals surface area contributed by atoms with Crippen molar-refractivity contribution in [1.82, 2.24) is 19.7 Å². The summed E-state index contributed by atoms with van der Waals surface area (Å²) in [6.07, 6.45) is 4.98. The van der Waals surface area contributed by atoms with Gasteiger partial charge in [0.15, 0.2) is 5.76 Å². The standard InChI is InChI=1S/C16H12BrN5O2/c1-22-7-9(6-21-22)14-13(17)12-15(19-8-20-16(12)24-14)23-11-4-2-10(18)3-5-11/h2-8H,18H2,1H3. The molecule has 0 aliphatic heterocycles. The summed E-state index contributed by atoms with van der Waals surface area (Å²) < 4.78 is 14.1. The topological polar surface area (TPSA) is 92.0 Å². The second-order valence-electron chi connectivity index (χ2n) is 5.18. The fourth-order valence-electron chi connectivity index (χ4n) is 2.32. The fraction of sp³-hybridized carbons (Fsp3) is 0.0625. The van der Waals surface area contributed by atoms with E-state index in [9.17, 15) is 0 Å². The van der Waals surface area contributed by atoms with Crippen LogP contribution >= 0.6 is 15.9 Å². The molecule has 0 bridgehead atoms. The van der Waals surface area contributed by atoms with Gasteiger partial charge in [-0.25, -0.2) is 9.97 Å². The lowest BCUT2D eigenvalue weighted by Gasteiger charge is -2.05. The number of fused-ring (bicyclic) bond motifs is 1. The molecule has 2 N–H and O–H groups in total. The van der Waals surface area contributed by atoms with Crippen LogP contribution in [0.3, 0.4) is 0 Å². The molecule has 0 saturated heterocycles. The van der Waals surface area contributed by atoms with Crippen LogP contribution in [-0.2, 0) is 7.05 Å². The number of benzene rings is 1. The lowest BCUT2D eigenvalue weighted by Crippen LogP contribution is -1.91. The predicted molar refractivity (Wildman–Crippen MR) is 92.6 cm³/mol. The zero-order chi connectivity index (χ0) is 16.7. The average Bonchev–Trinajstić information content (AvgIpc) is 3.14. The van der Waals surface area contributed by atoms with Crippen LogP contribution in [0.4, 0.5) is 5.69 Å². The van der Waals surface area contributed by atoms with E-state index in [1.165, 1.54) is 6.33 Å². The first-order valence-electron chi connectivity index (χ1n) is 7.07. The predicted octanol–water partition coefficient (Wildman–Crippen LogP) is 3.76. The number of aromatic nitrogens is 4. The number of anilines is 1. The molecule has 0 unspecified atom stereocenters. The number of hydrogen-bond donors (Lipinski definition) is 1. The van der Waals surface area contributed by atoms with Crippen molar-refractivity contribution >= 4 is 32.7 Å². The van der Waals surface area contributed by atoms with E-state index < -0.39 is 0 Å². The Labute approximate surface area is 145 Å². The van der Waals surface area contributed by atoms with E-state index in [1.54, 1.807) is 35.1 Å². The number of ether oxygens (including phenoxy) is 1. The van der Waals surface area contributed by atoms with E-state index in [-0.39, 0.29) is 0 Å². The first kappa shape index (κ1) is 14.7. The third-order valence-corrected chi connectivity index (χ3v) is 4.21. The van der Waals surface area contributed by atoms with Crippen LogP contribution in [0, 0.1) is 0 Å². The molecule has 1 aromatic carbocycles. The minimum absolute atomic E-state index is 0.399. The Bertz CT molecular complexity index is 1020. The van der Waals surface area contributed by atoms with Gasteiger partial charge in [-0.15, -0.1) is 0 Å². The van der Waals surface area contributed by atoms with Crippen LogP contribution in [0.1, 0.15) is 0 Å². The van der Waals surface area contributed by atoms with Gasteiger partial charge in [-0.05, 0) is 40.2 Å². The van der Waals surface area contributed by atoms with Crippen molar-refractivity contribution in [3.8, 4) is 23.0 Å². The van der Waals surface area contributed by atoms with Crippen molar-refractivity contribution < 1.29 is 9.15 Å². The molecule has 3 aromatic heterocycles. The molecule has 0 aliphatic carbocycles. The van der Waals surface area contributed by atoms with Gasteiger partial charge in [-0.2, -0.15) is 5.10 Å². The molecule has 0 aliphatic rings. The Hall–Kier alpha value is -2.87. The van der Waals surface area contributed by atoms with Crippen LogP contribution in [0.25, 0.3) is 22.4 Å². The van der Waals surface area contributed by atoms with Gasteiger partial charge in [0, 0.05) is 18.9 Å². The SMILES string of the molecule is Cn1cc(-c2oc3ncnc(Oc4ccc(N)cc4)c3c2Br)cn1. The Morgan fingerprint density at radius 3 is 2.71 bits per heavy atom. The maximum atomic E-state index is 5.86. The van der Waals surface area contributed by atoms with E-state index >= 15 is 0 Å². The molecule has 0 saturated carbocycles. The van der Waals surface area contributed by atoms with Crippen molar-refractivity contribution in [1.29, 1.82) is 0 Å². The molecule has 0 amide bonds. The zero-order valence-electron chi connectivity index (χ0n) is 12.6. The smallest absolute Gasteiger partial charge is 0.234 e. The highest BCUT2D eigenvalue weighted by molar-refractivity contribution is 9.10. The van der Waals surface area contributed by atoms with E-state index in [0.717, 1.165) is 10.0 Å². The van der Waals surface area contributed by atoms with Crippen LogP contribution in [0.5, 0.6) is 11.6 Å². The highest BCUT2D eigenvalue weighted by Crippen LogP contribution is 2.41. The maximum absolute atomic E-state index is 5.86. The molecular formula is C16H12BrN5O2. The summed E-state index contributed by atoms with van der Waals surface area (Å²) in [5.74, 6) is 1.65. The van der Waals surface area contributed by atoms with Crippen molar-refractivity contribution in [2.24, 2.45) is 7.05 Å². The number of hydrogen-bond acceptors (Lipinski definition) is 6. The van der Waals surface area contributed by atoms with Crippen LogP contribution < -0.4 is 10.5 Å². The van der Waals surface area contributed by atoms with Crippen LogP contribution in [0.2, 0.25) is 0 Å². The fourth-order valence-corrected chi connectivity index (χ4v) is 2.97. The van der Waals surface area contributed by atoms with Crippen LogP contribution in [0.15, 0.2) is 51.9 Å². The number of furan rings is 1. The summed E-state index contributed by atoms with van der Waals surface area (Å²) in [4.78, 5) is 8.40. The summed E-state index contributed by atoms with van der Waals surface area (Å²) in [5, 5.41) is 4.82. The summed E-state index contributed by atoms with van der Waals surface area (Å²) in [5.41, 5.74) is 7.62. The largest absolute Gasteiger partial charge is 0.438 e. The van der Waals surface area contributed by atoms with Crippen molar-refractivity contribution in [2.75, 3.05) is 5.73 Å². The normalized spacial score (nSPS) is 11.1. The van der Waals surface area contributed by atoms with Gasteiger partial charge in [0.05, 0.1) is 16.2 Å². The first-order valence-corrected chi connectivity index (χ1v) is 7.86. The highest BCUT2D eigenvalue weighted by Gasteiger charge is 2.20. The van der Waals surface area contributed by atoms with Gasteiger partial charge in [0.1, 0.15) is 17.5 Å². The van der Waals surface area contributed by atoms with E-state index in [0.29, 0.717) is 34.2 Å². The number of nitrogens with zero attached hydrogens (tertiary/aromatic N) is 4. The molecule has 8 heteroatoms. The molecule has 0 radical (unpaired) electrons. The minimum Gasteiger partial charge on any atom is -0.438 e. The Morgan fingerprint density at radius 2 is 2.00 bits per heavy atom. The molecule has 0 fully saturated rings. The van der Waals surface area contributed by atoms with Crippen LogP contribution in [-0.4, -0.2) is 19.7 Å². The van der Waals surface area contributed by atoms with Gasteiger partial charge in [-0.1, -0.05) is 0 Å². The van der Waals surface area contributed by atoms with E-state index in [4.69, 9.17) is 14.9 Å². The summed E-state index contributed by atoms with van der Waals surface area (Å²) >= 11 is 3.56. The minimum atomic E-state index is 0.399. The molecule has 7 nitrogen and oxygen atoms in total. The number of halogens is 1. The molecule has 4 aromatic rings. The zero-order valence-corrected chi connectivity index (χ0v) is 14.2. The number of nitrogens with two attached hydrogens (primary N) is 1. The molecule has 0 atom stereocenters. The summed E-state index contributed by atoms with van der Waals surface area (Å²) in [6, 6.07) is 7.08. The Balaban J connectivity index is 1.82.